The molecule has 9 nitrogen and oxygen atoms in total. The minimum Gasteiger partial charge on any atom is -0.496 e. The number of nitrogens with zero attached hydrogens (tertiary/aromatic N) is 2. The van der Waals surface area contributed by atoms with E-state index in [4.69, 9.17) is 37.4 Å². The van der Waals surface area contributed by atoms with Crippen LogP contribution in [0.4, 0.5) is 5.69 Å². The molecule has 5 aromatic rings. The Hall–Kier alpha value is -4.99. The van der Waals surface area contributed by atoms with Crippen molar-refractivity contribution in [3.05, 3.63) is 106 Å². The molecule has 0 atom stereocenters. The summed E-state index contributed by atoms with van der Waals surface area (Å²) in [6.45, 7) is 2.13. The number of H-pyrrole nitrogens is 1. The number of aromatic amines is 1. The van der Waals surface area contributed by atoms with E-state index >= 15 is 0 Å². The highest BCUT2D eigenvalue weighted by molar-refractivity contribution is 6.34. The molecule has 0 aliphatic heterocycles. The Balaban J connectivity index is 1.40. The molecule has 0 aliphatic rings. The molecular weight excluding hydrogens is 615 g/mol. The lowest BCUT2D eigenvalue weighted by Crippen LogP contribution is -2.19. The average molecular weight is 646 g/mol. The number of hydrogen-bond donors (Lipinski definition) is 2. The molecule has 1 heterocycles. The van der Waals surface area contributed by atoms with Gasteiger partial charge in [0, 0.05) is 51.9 Å². The highest BCUT2D eigenvalue weighted by atomic mass is 35.5. The fraction of sp³-hybridized carbons (Fsp3) is 0.147. The van der Waals surface area contributed by atoms with Crippen molar-refractivity contribution in [3.8, 4) is 28.4 Å². The molecule has 0 fully saturated rings. The van der Waals surface area contributed by atoms with E-state index in [1.807, 2.05) is 62.3 Å². The molecule has 5 rings (SSSR count). The van der Waals surface area contributed by atoms with Crippen LogP contribution in [0.2, 0.25) is 10.0 Å². The standard InChI is InChI=1S/C34H30Cl2N4O5/c1-5-44-30-16-20(10-14-29(30)45-34(42)25-17-21(35)11-15-28(25)43-4)19-37-39-33(41)32-31(23-8-6-7-9-26(23)36)24-18-22(40(2)3)12-13-27(24)38-32/h6-19,38H,5H2,1-4H3,(H,39,41). The molecule has 11 heteroatoms. The summed E-state index contributed by atoms with van der Waals surface area (Å²) in [5.74, 6) is -0.267. The van der Waals surface area contributed by atoms with Gasteiger partial charge in [-0.15, -0.1) is 0 Å². The zero-order valence-corrected chi connectivity index (χ0v) is 26.5. The van der Waals surface area contributed by atoms with Crippen molar-refractivity contribution in [1.82, 2.24) is 10.4 Å². The number of esters is 1. The van der Waals surface area contributed by atoms with Crippen molar-refractivity contribution in [1.29, 1.82) is 0 Å². The van der Waals surface area contributed by atoms with E-state index < -0.39 is 11.9 Å². The van der Waals surface area contributed by atoms with Crippen molar-refractivity contribution >= 4 is 57.9 Å². The van der Waals surface area contributed by atoms with Gasteiger partial charge in [-0.05, 0) is 73.2 Å². The molecule has 0 spiro atoms. The Morgan fingerprint density at radius 1 is 0.956 bits per heavy atom. The van der Waals surface area contributed by atoms with Gasteiger partial charge in [-0.25, -0.2) is 10.2 Å². The first-order valence-corrected chi connectivity index (χ1v) is 14.7. The van der Waals surface area contributed by atoms with Crippen LogP contribution in [0.5, 0.6) is 17.2 Å². The molecule has 1 aromatic heterocycles. The van der Waals surface area contributed by atoms with Crippen molar-refractivity contribution in [3.63, 3.8) is 0 Å². The topological polar surface area (TPSA) is 105 Å². The zero-order chi connectivity index (χ0) is 32.1. The predicted molar refractivity (Wildman–Crippen MR) is 179 cm³/mol. The summed E-state index contributed by atoms with van der Waals surface area (Å²) >= 11 is 12.7. The summed E-state index contributed by atoms with van der Waals surface area (Å²) in [6, 6.07) is 22.9. The molecular formula is C34H30Cl2N4O5. The number of benzene rings is 4. The summed E-state index contributed by atoms with van der Waals surface area (Å²) in [5.41, 5.74) is 6.85. The summed E-state index contributed by atoms with van der Waals surface area (Å²) in [7, 11) is 5.36. The number of nitrogens with one attached hydrogen (secondary N) is 2. The zero-order valence-electron chi connectivity index (χ0n) is 25.0. The smallest absolute Gasteiger partial charge is 0.347 e. The first kappa shape index (κ1) is 31.4. The molecule has 4 aromatic carbocycles. The summed E-state index contributed by atoms with van der Waals surface area (Å²) in [5, 5.41) is 5.92. The van der Waals surface area contributed by atoms with E-state index in [2.05, 4.69) is 15.5 Å². The maximum atomic E-state index is 13.5. The summed E-state index contributed by atoms with van der Waals surface area (Å²) in [4.78, 5) is 31.6. The molecule has 0 unspecified atom stereocenters. The average Bonchev–Trinajstić information content (AvgIpc) is 3.41. The quantitative estimate of drug-likeness (QED) is 0.0702. The number of hydrogen-bond acceptors (Lipinski definition) is 7. The van der Waals surface area contributed by atoms with Gasteiger partial charge in [0.1, 0.15) is 17.0 Å². The monoisotopic (exact) mass is 644 g/mol. The van der Waals surface area contributed by atoms with E-state index in [9.17, 15) is 9.59 Å². The SMILES string of the molecule is CCOc1cc(C=NNC(=O)c2[nH]c3ccc(N(C)C)cc3c2-c2ccccc2Cl)ccc1OC(=O)c1cc(Cl)ccc1OC. The highest BCUT2D eigenvalue weighted by Gasteiger charge is 2.22. The molecule has 2 N–H and O–H groups in total. The van der Waals surface area contributed by atoms with E-state index in [1.54, 1.807) is 36.4 Å². The third-order valence-corrected chi connectivity index (χ3v) is 7.46. The third kappa shape index (κ3) is 6.90. The van der Waals surface area contributed by atoms with E-state index in [0.717, 1.165) is 22.2 Å². The van der Waals surface area contributed by atoms with Gasteiger partial charge >= 0.3 is 5.97 Å². The Bertz CT molecular complexity index is 1920. The minimum absolute atomic E-state index is 0.173. The number of rotatable bonds is 10. The number of fused-ring (bicyclic) bond motifs is 1. The van der Waals surface area contributed by atoms with Crippen LogP contribution in [0.25, 0.3) is 22.0 Å². The van der Waals surface area contributed by atoms with Crippen LogP contribution in [0.1, 0.15) is 33.3 Å². The van der Waals surface area contributed by atoms with Gasteiger partial charge in [0.15, 0.2) is 11.5 Å². The fourth-order valence-corrected chi connectivity index (χ4v) is 5.15. The first-order valence-electron chi connectivity index (χ1n) is 13.9. The van der Waals surface area contributed by atoms with Crippen LogP contribution in [-0.2, 0) is 0 Å². The number of carbonyl (C=O) groups is 2. The Morgan fingerprint density at radius 2 is 1.73 bits per heavy atom. The van der Waals surface area contributed by atoms with Gasteiger partial charge in [0.2, 0.25) is 0 Å². The number of anilines is 1. The second kappa shape index (κ2) is 13.8. The van der Waals surface area contributed by atoms with E-state index in [-0.39, 0.29) is 11.3 Å². The predicted octanol–water partition coefficient (Wildman–Crippen LogP) is 7.60. The van der Waals surface area contributed by atoms with Crippen LogP contribution in [0, 0.1) is 0 Å². The summed E-state index contributed by atoms with van der Waals surface area (Å²) in [6.07, 6.45) is 1.47. The molecule has 45 heavy (non-hydrogen) atoms. The highest BCUT2D eigenvalue weighted by Crippen LogP contribution is 2.38. The second-order valence-electron chi connectivity index (χ2n) is 10.1. The third-order valence-electron chi connectivity index (χ3n) is 6.90. The van der Waals surface area contributed by atoms with Crippen LogP contribution in [-0.4, -0.2) is 50.9 Å². The lowest BCUT2D eigenvalue weighted by Gasteiger charge is -2.13. The molecule has 230 valence electrons. The Kier molecular flexibility index (Phi) is 9.61. The minimum atomic E-state index is -0.658. The van der Waals surface area contributed by atoms with Gasteiger partial charge in [-0.3, -0.25) is 4.79 Å². The van der Waals surface area contributed by atoms with Crippen molar-refractivity contribution < 1.29 is 23.8 Å². The van der Waals surface area contributed by atoms with E-state index in [0.29, 0.717) is 45.0 Å². The van der Waals surface area contributed by atoms with Crippen LogP contribution >= 0.6 is 23.2 Å². The molecule has 0 aliphatic carbocycles. The summed E-state index contributed by atoms with van der Waals surface area (Å²) < 4.78 is 16.6. The Morgan fingerprint density at radius 3 is 2.47 bits per heavy atom. The van der Waals surface area contributed by atoms with Gasteiger partial charge in [-0.2, -0.15) is 5.10 Å². The molecule has 0 radical (unpaired) electrons. The molecule has 0 saturated heterocycles. The van der Waals surface area contributed by atoms with Gasteiger partial charge in [0.25, 0.3) is 5.91 Å². The number of aromatic nitrogens is 1. The number of hydrazone groups is 1. The number of methoxy groups -OCH3 is 1. The van der Waals surface area contributed by atoms with Crippen LogP contribution < -0.4 is 24.5 Å². The number of halogens is 2. The fourth-order valence-electron chi connectivity index (χ4n) is 4.75. The Labute approximate surface area is 270 Å². The van der Waals surface area contributed by atoms with Crippen molar-refractivity contribution in [2.24, 2.45) is 5.10 Å². The molecule has 0 saturated carbocycles. The van der Waals surface area contributed by atoms with Gasteiger partial charge in [0.05, 0.1) is 19.9 Å². The number of carbonyl (C=O) groups excluding carboxylic acids is 2. The number of amides is 1. The lowest BCUT2D eigenvalue weighted by molar-refractivity contribution is 0.0724. The maximum Gasteiger partial charge on any atom is 0.347 e. The van der Waals surface area contributed by atoms with Gasteiger partial charge < -0.3 is 24.1 Å². The van der Waals surface area contributed by atoms with Crippen LogP contribution in [0.15, 0.2) is 84.0 Å². The second-order valence-corrected chi connectivity index (χ2v) is 10.9. The number of ether oxygens (including phenoxy) is 3. The largest absolute Gasteiger partial charge is 0.496 e. The van der Waals surface area contributed by atoms with E-state index in [1.165, 1.54) is 19.4 Å². The molecule has 0 bridgehead atoms. The lowest BCUT2D eigenvalue weighted by atomic mass is 10.0. The first-order chi connectivity index (χ1) is 21.7. The van der Waals surface area contributed by atoms with Crippen LogP contribution in [0.3, 0.4) is 0 Å². The maximum absolute atomic E-state index is 13.5. The van der Waals surface area contributed by atoms with Gasteiger partial charge in [-0.1, -0.05) is 41.4 Å². The van der Waals surface area contributed by atoms with Crippen molar-refractivity contribution in [2.45, 2.75) is 6.92 Å². The normalized spacial score (nSPS) is 11.1. The van der Waals surface area contributed by atoms with Crippen molar-refractivity contribution in [2.75, 3.05) is 32.7 Å². The molecule has 1 amide bonds.